The number of nitrogens with zero attached hydrogens (tertiary/aromatic N) is 2. The Labute approximate surface area is 193 Å². The van der Waals surface area contributed by atoms with E-state index >= 15 is 0 Å². The lowest BCUT2D eigenvalue weighted by Gasteiger charge is -2.19. The van der Waals surface area contributed by atoms with E-state index in [1.165, 1.54) is 0 Å². The first-order valence-electron chi connectivity index (χ1n) is 10.9. The van der Waals surface area contributed by atoms with Gasteiger partial charge in [0, 0.05) is 25.2 Å². The molecule has 3 aromatic rings. The molecule has 2 aromatic carbocycles. The SMILES string of the molecule is CC(C)c1ccccc1Oc1ccc(C2CCN(C(=O)c3ncccc3Cl)C2)c(CO)c1. The van der Waals surface area contributed by atoms with E-state index in [2.05, 4.69) is 24.9 Å². The lowest BCUT2D eigenvalue weighted by molar-refractivity contribution is 0.0785. The zero-order valence-electron chi connectivity index (χ0n) is 18.3. The number of aliphatic hydroxyl groups is 1. The number of carbonyl (C=O) groups excluding carboxylic acids is 1. The summed E-state index contributed by atoms with van der Waals surface area (Å²) in [6, 6.07) is 17.2. The highest BCUT2D eigenvalue weighted by atomic mass is 35.5. The van der Waals surface area contributed by atoms with Crippen molar-refractivity contribution >= 4 is 17.5 Å². The Morgan fingerprint density at radius 2 is 2.03 bits per heavy atom. The number of likely N-dealkylation sites (tertiary alicyclic amines) is 1. The van der Waals surface area contributed by atoms with E-state index in [0.29, 0.717) is 29.8 Å². The van der Waals surface area contributed by atoms with Crippen LogP contribution in [0.4, 0.5) is 0 Å². The smallest absolute Gasteiger partial charge is 0.274 e. The molecule has 5 nitrogen and oxygen atoms in total. The molecule has 0 radical (unpaired) electrons. The molecule has 1 aliphatic heterocycles. The zero-order valence-corrected chi connectivity index (χ0v) is 19.0. The van der Waals surface area contributed by atoms with Gasteiger partial charge in [-0.15, -0.1) is 0 Å². The van der Waals surface area contributed by atoms with Crippen LogP contribution < -0.4 is 4.74 Å². The Morgan fingerprint density at radius 3 is 2.78 bits per heavy atom. The molecular formula is C26H27ClN2O3. The van der Waals surface area contributed by atoms with Crippen molar-refractivity contribution in [3.63, 3.8) is 0 Å². The Bertz CT molecular complexity index is 1120. The van der Waals surface area contributed by atoms with Gasteiger partial charge in [-0.3, -0.25) is 4.79 Å². The van der Waals surface area contributed by atoms with Gasteiger partial charge in [-0.25, -0.2) is 4.98 Å². The van der Waals surface area contributed by atoms with Crippen molar-refractivity contribution in [2.75, 3.05) is 13.1 Å². The van der Waals surface area contributed by atoms with E-state index in [0.717, 1.165) is 28.9 Å². The molecular weight excluding hydrogens is 424 g/mol. The van der Waals surface area contributed by atoms with Gasteiger partial charge in [0.05, 0.1) is 11.6 Å². The second kappa shape index (κ2) is 9.72. The molecule has 0 aliphatic carbocycles. The largest absolute Gasteiger partial charge is 0.457 e. The number of hydrogen-bond acceptors (Lipinski definition) is 4. The topological polar surface area (TPSA) is 62.7 Å². The zero-order chi connectivity index (χ0) is 22.7. The highest BCUT2D eigenvalue weighted by Crippen LogP contribution is 2.35. The van der Waals surface area contributed by atoms with Crippen LogP contribution in [-0.2, 0) is 6.61 Å². The Morgan fingerprint density at radius 1 is 1.22 bits per heavy atom. The van der Waals surface area contributed by atoms with Gasteiger partial charge in [0.25, 0.3) is 5.91 Å². The van der Waals surface area contributed by atoms with Gasteiger partial charge in [0.2, 0.25) is 0 Å². The summed E-state index contributed by atoms with van der Waals surface area (Å²) in [5, 5.41) is 10.4. The maximum Gasteiger partial charge on any atom is 0.274 e. The van der Waals surface area contributed by atoms with Crippen molar-refractivity contribution in [3.8, 4) is 11.5 Å². The number of hydrogen-bond donors (Lipinski definition) is 1. The lowest BCUT2D eigenvalue weighted by Crippen LogP contribution is -2.29. The average molecular weight is 451 g/mol. The fourth-order valence-corrected chi connectivity index (χ4v) is 4.45. The molecule has 1 fully saturated rings. The summed E-state index contributed by atoms with van der Waals surface area (Å²) in [6.45, 7) is 5.37. The molecule has 1 N–H and O–H groups in total. The Hall–Kier alpha value is -2.89. The minimum Gasteiger partial charge on any atom is -0.457 e. The number of aromatic nitrogens is 1. The standard InChI is InChI=1S/C26H27ClN2O3/c1-17(2)21-6-3-4-8-24(21)32-20-9-10-22(19(14-20)16-30)18-11-13-29(15-18)26(31)25-23(27)7-5-12-28-25/h3-10,12,14,17-18,30H,11,13,15-16H2,1-2H3. The second-order valence-electron chi connectivity index (χ2n) is 8.38. The van der Waals surface area contributed by atoms with Gasteiger partial charge in [0.15, 0.2) is 0 Å². The predicted molar refractivity (Wildman–Crippen MR) is 125 cm³/mol. The Kier molecular flexibility index (Phi) is 6.77. The summed E-state index contributed by atoms with van der Waals surface area (Å²) < 4.78 is 6.16. The quantitative estimate of drug-likeness (QED) is 0.517. The van der Waals surface area contributed by atoms with E-state index in [9.17, 15) is 9.90 Å². The molecule has 1 aromatic heterocycles. The van der Waals surface area contributed by atoms with Gasteiger partial charge in [-0.05, 0) is 59.4 Å². The van der Waals surface area contributed by atoms with Crippen LogP contribution in [0.1, 0.15) is 59.3 Å². The third kappa shape index (κ3) is 4.64. The van der Waals surface area contributed by atoms with Crippen LogP contribution >= 0.6 is 11.6 Å². The van der Waals surface area contributed by atoms with Crippen molar-refractivity contribution in [2.45, 2.75) is 38.7 Å². The lowest BCUT2D eigenvalue weighted by atomic mass is 9.93. The molecule has 1 atom stereocenters. The normalized spacial score (nSPS) is 15.9. The van der Waals surface area contributed by atoms with Crippen molar-refractivity contribution in [1.82, 2.24) is 9.88 Å². The summed E-state index contributed by atoms with van der Waals surface area (Å²) in [7, 11) is 0. The maximum absolute atomic E-state index is 12.9. The fraction of sp³-hybridized carbons (Fsp3) is 0.308. The Balaban J connectivity index is 1.52. The van der Waals surface area contributed by atoms with Crippen LogP contribution in [0, 0.1) is 0 Å². The van der Waals surface area contributed by atoms with Crippen LogP contribution in [0.15, 0.2) is 60.8 Å². The highest BCUT2D eigenvalue weighted by molar-refractivity contribution is 6.33. The van der Waals surface area contributed by atoms with Gasteiger partial charge in [-0.2, -0.15) is 0 Å². The molecule has 0 bridgehead atoms. The average Bonchev–Trinajstić information content (AvgIpc) is 3.29. The predicted octanol–water partition coefficient (Wildman–Crippen LogP) is 5.77. The third-order valence-electron chi connectivity index (χ3n) is 5.93. The molecule has 32 heavy (non-hydrogen) atoms. The number of aliphatic hydroxyl groups excluding tert-OH is 1. The fourth-order valence-electron chi connectivity index (χ4n) is 4.25. The minimum absolute atomic E-state index is 0.0884. The first-order chi connectivity index (χ1) is 15.5. The number of amides is 1. The third-order valence-corrected chi connectivity index (χ3v) is 6.23. The molecule has 0 saturated carbocycles. The molecule has 1 unspecified atom stereocenters. The summed E-state index contributed by atoms with van der Waals surface area (Å²) in [5.41, 5.74) is 3.28. The molecule has 2 heterocycles. The molecule has 6 heteroatoms. The van der Waals surface area contributed by atoms with Crippen LogP contribution in [0.5, 0.6) is 11.5 Å². The first kappa shape index (κ1) is 22.3. The molecule has 1 aliphatic rings. The number of halogens is 1. The first-order valence-corrected chi connectivity index (χ1v) is 11.3. The number of benzene rings is 2. The molecule has 1 amide bonds. The van der Waals surface area contributed by atoms with Gasteiger partial charge < -0.3 is 14.7 Å². The van der Waals surface area contributed by atoms with Gasteiger partial charge >= 0.3 is 0 Å². The van der Waals surface area contributed by atoms with Crippen LogP contribution in [0.2, 0.25) is 5.02 Å². The van der Waals surface area contributed by atoms with Crippen molar-refractivity contribution < 1.29 is 14.6 Å². The van der Waals surface area contributed by atoms with Gasteiger partial charge in [0.1, 0.15) is 17.2 Å². The van der Waals surface area contributed by atoms with E-state index in [4.69, 9.17) is 16.3 Å². The summed E-state index contributed by atoms with van der Waals surface area (Å²) in [5.74, 6) is 1.84. The maximum atomic E-state index is 12.9. The monoisotopic (exact) mass is 450 g/mol. The number of para-hydroxylation sites is 1. The van der Waals surface area contributed by atoms with E-state index in [1.54, 1.807) is 23.2 Å². The van der Waals surface area contributed by atoms with Crippen LogP contribution in [0.3, 0.4) is 0 Å². The van der Waals surface area contributed by atoms with E-state index < -0.39 is 0 Å². The summed E-state index contributed by atoms with van der Waals surface area (Å²) in [4.78, 5) is 18.8. The number of rotatable bonds is 6. The second-order valence-corrected chi connectivity index (χ2v) is 8.79. The van der Waals surface area contributed by atoms with Crippen molar-refractivity contribution in [1.29, 1.82) is 0 Å². The number of pyridine rings is 1. The van der Waals surface area contributed by atoms with Crippen molar-refractivity contribution in [2.24, 2.45) is 0 Å². The van der Waals surface area contributed by atoms with Crippen LogP contribution in [0.25, 0.3) is 0 Å². The molecule has 1 saturated heterocycles. The highest BCUT2D eigenvalue weighted by Gasteiger charge is 2.30. The summed E-state index contributed by atoms with van der Waals surface area (Å²) in [6.07, 6.45) is 2.40. The number of ether oxygens (including phenoxy) is 1. The van der Waals surface area contributed by atoms with Crippen LogP contribution in [-0.4, -0.2) is 34.0 Å². The summed E-state index contributed by atoms with van der Waals surface area (Å²) >= 11 is 6.16. The van der Waals surface area contributed by atoms with E-state index in [1.807, 2.05) is 36.4 Å². The number of carbonyl (C=O) groups is 1. The minimum atomic E-state index is -0.158. The molecule has 166 valence electrons. The van der Waals surface area contributed by atoms with Crippen molar-refractivity contribution in [3.05, 3.63) is 88.2 Å². The molecule has 4 rings (SSSR count). The van der Waals surface area contributed by atoms with E-state index in [-0.39, 0.29) is 24.1 Å². The molecule has 0 spiro atoms. The van der Waals surface area contributed by atoms with Gasteiger partial charge in [-0.1, -0.05) is 49.7 Å².